The van der Waals surface area contributed by atoms with E-state index in [1.807, 2.05) is 30.3 Å². The third kappa shape index (κ3) is 4.46. The van der Waals surface area contributed by atoms with Crippen LogP contribution in [0.3, 0.4) is 0 Å². The molecule has 0 bridgehead atoms. The lowest BCUT2D eigenvalue weighted by Gasteiger charge is -2.23. The van der Waals surface area contributed by atoms with Crippen molar-refractivity contribution in [2.45, 2.75) is 31.6 Å². The Kier molecular flexibility index (Phi) is 6.06. The van der Waals surface area contributed by atoms with Crippen LogP contribution in [-0.2, 0) is 0 Å². The zero-order chi connectivity index (χ0) is 16.8. The number of hydrogen-bond donors (Lipinski definition) is 1. The van der Waals surface area contributed by atoms with Gasteiger partial charge in [0, 0.05) is 10.6 Å². The van der Waals surface area contributed by atoms with Crippen LogP contribution < -0.4 is 4.90 Å². The van der Waals surface area contributed by atoms with E-state index >= 15 is 0 Å². The van der Waals surface area contributed by atoms with Crippen LogP contribution in [0.5, 0.6) is 0 Å². The Labute approximate surface area is 149 Å². The molecule has 3 rings (SSSR count). The van der Waals surface area contributed by atoms with Gasteiger partial charge in [0.15, 0.2) is 5.78 Å². The summed E-state index contributed by atoms with van der Waals surface area (Å²) in [4.78, 5) is 14.7. The number of nitrogens with one attached hydrogen (secondary N) is 1. The molecule has 1 N–H and O–H groups in total. The number of quaternary nitrogens is 1. The first-order valence-electron chi connectivity index (χ1n) is 8.92. The zero-order valence-corrected chi connectivity index (χ0v) is 14.8. The highest BCUT2D eigenvalue weighted by atomic mass is 35.5. The third-order valence-electron chi connectivity index (χ3n) is 4.95. The summed E-state index contributed by atoms with van der Waals surface area (Å²) in [6.45, 7) is 3.24. The number of likely N-dealkylation sites (tertiary alicyclic amines) is 1. The molecule has 2 aromatic carbocycles. The molecule has 0 saturated carbocycles. The molecule has 2 aromatic rings. The number of benzene rings is 2. The van der Waals surface area contributed by atoms with Crippen molar-refractivity contribution in [1.29, 1.82) is 0 Å². The van der Waals surface area contributed by atoms with E-state index < -0.39 is 0 Å². The first-order valence-corrected chi connectivity index (χ1v) is 9.30. The number of rotatable bonds is 5. The number of carbonyl (C=O) groups excluding carboxylic acids is 1. The van der Waals surface area contributed by atoms with E-state index in [1.165, 1.54) is 38.8 Å². The Morgan fingerprint density at radius 3 is 2.17 bits per heavy atom. The van der Waals surface area contributed by atoms with Gasteiger partial charge in [-0.3, -0.25) is 4.79 Å². The maximum atomic E-state index is 13.2. The highest BCUT2D eigenvalue weighted by Gasteiger charge is 2.27. The molecule has 126 valence electrons. The Morgan fingerprint density at radius 2 is 1.54 bits per heavy atom. The van der Waals surface area contributed by atoms with E-state index in [2.05, 4.69) is 12.1 Å². The van der Waals surface area contributed by atoms with Gasteiger partial charge >= 0.3 is 0 Å². The summed E-state index contributed by atoms with van der Waals surface area (Å²) >= 11 is 5.97. The second-order valence-electron chi connectivity index (χ2n) is 6.70. The highest BCUT2D eigenvalue weighted by molar-refractivity contribution is 6.30. The summed E-state index contributed by atoms with van der Waals surface area (Å²) in [5.74, 6) is 0.120. The van der Waals surface area contributed by atoms with E-state index in [-0.39, 0.29) is 11.7 Å². The molecule has 3 heteroatoms. The lowest BCUT2D eigenvalue weighted by molar-refractivity contribution is -0.899. The quantitative estimate of drug-likeness (QED) is 0.821. The van der Waals surface area contributed by atoms with Crippen molar-refractivity contribution in [2.75, 3.05) is 19.6 Å². The van der Waals surface area contributed by atoms with Gasteiger partial charge in [-0.25, -0.2) is 0 Å². The van der Waals surface area contributed by atoms with Gasteiger partial charge in [0.05, 0.1) is 25.6 Å². The second-order valence-corrected chi connectivity index (χ2v) is 7.14. The third-order valence-corrected chi connectivity index (χ3v) is 5.20. The number of ketones is 1. The zero-order valence-electron chi connectivity index (χ0n) is 14.0. The number of carbonyl (C=O) groups is 1. The van der Waals surface area contributed by atoms with Gasteiger partial charge < -0.3 is 4.90 Å². The molecule has 0 amide bonds. The highest BCUT2D eigenvalue weighted by Crippen LogP contribution is 2.21. The van der Waals surface area contributed by atoms with Gasteiger partial charge in [0.2, 0.25) is 0 Å². The molecule has 1 heterocycles. The van der Waals surface area contributed by atoms with E-state index in [0.717, 1.165) is 17.7 Å². The second kappa shape index (κ2) is 8.46. The average molecular weight is 343 g/mol. The van der Waals surface area contributed by atoms with Crippen LogP contribution >= 0.6 is 11.6 Å². The summed E-state index contributed by atoms with van der Waals surface area (Å²) in [5.41, 5.74) is 1.87. The summed E-state index contributed by atoms with van der Waals surface area (Å²) < 4.78 is 0. The van der Waals surface area contributed by atoms with Crippen LogP contribution in [-0.4, -0.2) is 25.4 Å². The predicted octanol–water partition coefficient (Wildman–Crippen LogP) is 3.77. The van der Waals surface area contributed by atoms with Gasteiger partial charge in [-0.2, -0.15) is 0 Å². The topological polar surface area (TPSA) is 21.5 Å². The van der Waals surface area contributed by atoms with Crippen LogP contribution in [0.1, 0.15) is 47.5 Å². The van der Waals surface area contributed by atoms with Crippen molar-refractivity contribution in [3.05, 3.63) is 70.7 Å². The Bertz CT molecular complexity index is 645. The van der Waals surface area contributed by atoms with E-state index in [9.17, 15) is 4.79 Å². The largest absolute Gasteiger partial charge is 0.334 e. The molecule has 1 saturated heterocycles. The predicted molar refractivity (Wildman–Crippen MR) is 99.0 cm³/mol. The van der Waals surface area contributed by atoms with Crippen molar-refractivity contribution in [3.8, 4) is 0 Å². The van der Waals surface area contributed by atoms with Crippen LogP contribution in [0.4, 0.5) is 0 Å². The first kappa shape index (κ1) is 17.2. The normalized spacial score (nSPS) is 17.2. The minimum atomic E-state index is -0.0829. The molecule has 1 fully saturated rings. The Hall–Kier alpha value is -1.64. The molecule has 0 aromatic heterocycles. The van der Waals surface area contributed by atoms with Crippen LogP contribution in [0.2, 0.25) is 5.02 Å². The van der Waals surface area contributed by atoms with E-state index in [4.69, 9.17) is 11.6 Å². The lowest BCUT2D eigenvalue weighted by Crippen LogP contribution is -3.12. The fourth-order valence-corrected chi connectivity index (χ4v) is 3.71. The molecule has 1 aliphatic rings. The molecule has 1 atom stereocenters. The summed E-state index contributed by atoms with van der Waals surface area (Å²) in [7, 11) is 0. The summed E-state index contributed by atoms with van der Waals surface area (Å²) in [6, 6.07) is 17.5. The Morgan fingerprint density at radius 1 is 0.917 bits per heavy atom. The van der Waals surface area contributed by atoms with Crippen LogP contribution in [0.15, 0.2) is 54.6 Å². The molecule has 1 aliphatic heterocycles. The smallest absolute Gasteiger partial charge is 0.175 e. The van der Waals surface area contributed by atoms with Crippen LogP contribution in [0, 0.1) is 0 Å². The maximum absolute atomic E-state index is 13.2. The molecular weight excluding hydrogens is 318 g/mol. The minimum absolute atomic E-state index is 0.0829. The molecule has 0 aliphatic carbocycles. The summed E-state index contributed by atoms with van der Waals surface area (Å²) in [6.07, 6.45) is 5.19. The van der Waals surface area contributed by atoms with Gasteiger partial charge in [0.1, 0.15) is 0 Å². The summed E-state index contributed by atoms with van der Waals surface area (Å²) in [5, 5.41) is 0.668. The van der Waals surface area contributed by atoms with Crippen LogP contribution in [0.25, 0.3) is 0 Å². The SMILES string of the molecule is O=C(c1ccc(Cl)cc1)C(C[NH+]1CCCCCC1)c1ccccc1. The molecular formula is C21H25ClNO+. The average Bonchev–Trinajstić information content (AvgIpc) is 2.89. The fraction of sp³-hybridized carbons (Fsp3) is 0.381. The first-order chi connectivity index (χ1) is 11.7. The van der Waals surface area contributed by atoms with Crippen molar-refractivity contribution in [3.63, 3.8) is 0 Å². The standard InChI is InChI=1S/C21H24ClNO/c22-19-12-10-18(11-13-19)21(24)20(17-8-4-3-5-9-17)16-23-14-6-1-2-7-15-23/h3-5,8-13,20H,1-2,6-7,14-16H2/p+1. The van der Waals surface area contributed by atoms with Crippen molar-refractivity contribution in [1.82, 2.24) is 0 Å². The lowest BCUT2D eigenvalue weighted by atomic mass is 9.90. The number of halogens is 1. The molecule has 0 radical (unpaired) electrons. The van der Waals surface area contributed by atoms with E-state index in [0.29, 0.717) is 5.02 Å². The monoisotopic (exact) mass is 342 g/mol. The van der Waals surface area contributed by atoms with Gasteiger partial charge in [0.25, 0.3) is 0 Å². The van der Waals surface area contributed by atoms with E-state index in [1.54, 1.807) is 17.0 Å². The van der Waals surface area contributed by atoms with Gasteiger partial charge in [-0.1, -0.05) is 41.9 Å². The molecule has 2 nitrogen and oxygen atoms in total. The molecule has 24 heavy (non-hydrogen) atoms. The molecule has 1 unspecified atom stereocenters. The minimum Gasteiger partial charge on any atom is -0.334 e. The number of Topliss-reactive ketones (excluding diaryl/α,β-unsaturated/α-hetero) is 1. The maximum Gasteiger partial charge on any atom is 0.175 e. The van der Waals surface area contributed by atoms with Crippen molar-refractivity contribution >= 4 is 17.4 Å². The van der Waals surface area contributed by atoms with Gasteiger partial charge in [-0.15, -0.1) is 0 Å². The Balaban J connectivity index is 1.84. The number of hydrogen-bond acceptors (Lipinski definition) is 1. The van der Waals surface area contributed by atoms with Crippen molar-refractivity contribution < 1.29 is 9.69 Å². The van der Waals surface area contributed by atoms with Gasteiger partial charge in [-0.05, 0) is 55.5 Å². The molecule has 0 spiro atoms. The van der Waals surface area contributed by atoms with Crippen molar-refractivity contribution in [2.24, 2.45) is 0 Å². The fourth-order valence-electron chi connectivity index (χ4n) is 3.58.